The van der Waals surface area contributed by atoms with Gasteiger partial charge in [0.25, 0.3) is 0 Å². The zero-order chi connectivity index (χ0) is 13.6. The van der Waals surface area contributed by atoms with Crippen LogP contribution in [0.1, 0.15) is 17.5 Å². The molecule has 0 N–H and O–H groups in total. The van der Waals surface area contributed by atoms with Crippen LogP contribution in [0.5, 0.6) is 0 Å². The first-order chi connectivity index (χ1) is 9.90. The molecule has 0 radical (unpaired) electrons. The highest BCUT2D eigenvalue weighted by molar-refractivity contribution is 5.79. The van der Waals surface area contributed by atoms with Crippen molar-refractivity contribution >= 4 is 6.21 Å². The predicted octanol–water partition coefficient (Wildman–Crippen LogP) is 3.38. The Kier molecular flexibility index (Phi) is 4.24. The first-order valence-electron chi connectivity index (χ1n) is 7.25. The number of rotatable bonds is 4. The van der Waals surface area contributed by atoms with E-state index in [9.17, 15) is 0 Å². The molecule has 0 aliphatic carbocycles. The minimum atomic E-state index is 0.443. The quantitative estimate of drug-likeness (QED) is 0.773. The molecule has 1 aliphatic rings. The lowest BCUT2D eigenvalue weighted by molar-refractivity contribution is 0.327. The van der Waals surface area contributed by atoms with Gasteiger partial charge in [0.15, 0.2) is 0 Å². The predicted molar refractivity (Wildman–Crippen MR) is 84.2 cm³/mol. The van der Waals surface area contributed by atoms with Crippen molar-refractivity contribution < 1.29 is 0 Å². The van der Waals surface area contributed by atoms with Crippen molar-refractivity contribution in [3.8, 4) is 0 Å². The second-order valence-electron chi connectivity index (χ2n) is 5.35. The molecule has 1 aliphatic heterocycles. The van der Waals surface area contributed by atoms with Gasteiger partial charge >= 0.3 is 0 Å². The highest BCUT2D eigenvalue weighted by Gasteiger charge is 2.21. The molecular formula is C18H20N2. The van der Waals surface area contributed by atoms with Crippen LogP contribution in [-0.4, -0.2) is 30.2 Å². The first kappa shape index (κ1) is 13.1. The van der Waals surface area contributed by atoms with Gasteiger partial charge in [-0.1, -0.05) is 60.7 Å². The summed E-state index contributed by atoms with van der Waals surface area (Å²) in [5, 5.41) is 0. The zero-order valence-electron chi connectivity index (χ0n) is 11.7. The molecule has 1 saturated heterocycles. The zero-order valence-corrected chi connectivity index (χ0v) is 11.7. The van der Waals surface area contributed by atoms with Gasteiger partial charge in [0, 0.05) is 25.8 Å². The fourth-order valence-electron chi connectivity index (χ4n) is 2.65. The van der Waals surface area contributed by atoms with E-state index in [0.717, 1.165) is 26.1 Å². The maximum Gasteiger partial charge on any atom is 0.0639 e. The summed E-state index contributed by atoms with van der Waals surface area (Å²) in [5.41, 5.74) is 2.58. The molecule has 0 saturated carbocycles. The molecule has 2 aromatic rings. The minimum absolute atomic E-state index is 0.443. The Bertz CT molecular complexity index is 548. The van der Waals surface area contributed by atoms with Crippen molar-refractivity contribution in [1.29, 1.82) is 0 Å². The Morgan fingerprint density at radius 3 is 2.45 bits per heavy atom. The molecule has 1 heterocycles. The molecule has 3 rings (SSSR count). The van der Waals surface area contributed by atoms with Crippen LogP contribution in [0.4, 0.5) is 0 Å². The van der Waals surface area contributed by atoms with Crippen molar-refractivity contribution in [3.63, 3.8) is 0 Å². The van der Waals surface area contributed by atoms with E-state index in [1.54, 1.807) is 0 Å². The summed E-state index contributed by atoms with van der Waals surface area (Å²) in [6.45, 7) is 3.25. The van der Waals surface area contributed by atoms with E-state index in [1.807, 2.05) is 12.3 Å². The average Bonchev–Trinajstić information content (AvgIpc) is 2.95. The molecule has 20 heavy (non-hydrogen) atoms. The molecule has 0 amide bonds. The average molecular weight is 264 g/mol. The maximum atomic E-state index is 4.72. The van der Waals surface area contributed by atoms with Crippen LogP contribution < -0.4 is 0 Å². The number of aliphatic imine (C=N–C) groups is 1. The van der Waals surface area contributed by atoms with Gasteiger partial charge in [-0.05, 0) is 17.5 Å². The van der Waals surface area contributed by atoms with E-state index in [1.165, 1.54) is 11.1 Å². The molecule has 1 atom stereocenters. The third kappa shape index (κ3) is 3.55. The van der Waals surface area contributed by atoms with E-state index < -0.39 is 0 Å². The van der Waals surface area contributed by atoms with E-state index in [4.69, 9.17) is 4.99 Å². The third-order valence-electron chi connectivity index (χ3n) is 3.73. The number of benzene rings is 2. The molecule has 1 fully saturated rings. The van der Waals surface area contributed by atoms with Crippen LogP contribution in [0.15, 0.2) is 65.7 Å². The van der Waals surface area contributed by atoms with E-state index in [-0.39, 0.29) is 0 Å². The maximum absolute atomic E-state index is 4.72. The van der Waals surface area contributed by atoms with Crippen molar-refractivity contribution in [3.05, 3.63) is 71.8 Å². The standard InChI is InChI=1S/C18H20N2/c1-3-7-16(8-4-1)13-19-18-11-12-20(15-18)14-17-9-5-2-6-10-17/h1-10,13,18H,11-12,14-15H2. The summed E-state index contributed by atoms with van der Waals surface area (Å²) in [4.78, 5) is 7.21. The number of likely N-dealkylation sites (tertiary alicyclic amines) is 1. The van der Waals surface area contributed by atoms with Gasteiger partial charge in [0.2, 0.25) is 0 Å². The van der Waals surface area contributed by atoms with Gasteiger partial charge in [-0.25, -0.2) is 0 Å². The van der Waals surface area contributed by atoms with Gasteiger partial charge in [-0.3, -0.25) is 9.89 Å². The van der Waals surface area contributed by atoms with Crippen LogP contribution in [0.25, 0.3) is 0 Å². The molecule has 102 valence electrons. The second-order valence-corrected chi connectivity index (χ2v) is 5.35. The molecule has 0 bridgehead atoms. The van der Waals surface area contributed by atoms with Crippen LogP contribution >= 0.6 is 0 Å². The Hall–Kier alpha value is -1.93. The highest BCUT2D eigenvalue weighted by Crippen LogP contribution is 2.15. The van der Waals surface area contributed by atoms with E-state index in [0.29, 0.717) is 6.04 Å². The lowest BCUT2D eigenvalue weighted by Crippen LogP contribution is -2.21. The van der Waals surface area contributed by atoms with Gasteiger partial charge < -0.3 is 0 Å². The SMILES string of the molecule is C(=NC1CCN(Cc2ccccc2)C1)c1ccccc1. The minimum Gasteiger partial charge on any atom is -0.297 e. The topological polar surface area (TPSA) is 15.6 Å². The van der Waals surface area contributed by atoms with Crippen molar-refractivity contribution in [2.24, 2.45) is 4.99 Å². The summed E-state index contributed by atoms with van der Waals surface area (Å²) < 4.78 is 0. The Balaban J connectivity index is 1.53. The molecule has 2 nitrogen and oxygen atoms in total. The van der Waals surface area contributed by atoms with E-state index in [2.05, 4.69) is 59.5 Å². The van der Waals surface area contributed by atoms with Gasteiger partial charge in [-0.15, -0.1) is 0 Å². The number of hydrogen-bond acceptors (Lipinski definition) is 2. The fourth-order valence-corrected chi connectivity index (χ4v) is 2.65. The van der Waals surface area contributed by atoms with Gasteiger partial charge in [0.05, 0.1) is 6.04 Å². The Labute approximate surface area is 120 Å². The van der Waals surface area contributed by atoms with Crippen LogP contribution in [0.3, 0.4) is 0 Å². The highest BCUT2D eigenvalue weighted by atomic mass is 15.2. The van der Waals surface area contributed by atoms with Crippen molar-refractivity contribution in [1.82, 2.24) is 4.90 Å². The lowest BCUT2D eigenvalue weighted by Gasteiger charge is -2.14. The fraction of sp³-hybridized carbons (Fsp3) is 0.278. The monoisotopic (exact) mass is 264 g/mol. The normalized spacial score (nSPS) is 19.7. The van der Waals surface area contributed by atoms with Crippen molar-refractivity contribution in [2.75, 3.05) is 13.1 Å². The second kappa shape index (κ2) is 6.49. The molecular weight excluding hydrogens is 244 g/mol. The molecule has 0 spiro atoms. The Morgan fingerprint density at radius 1 is 1.00 bits per heavy atom. The molecule has 1 unspecified atom stereocenters. The summed E-state index contributed by atoms with van der Waals surface area (Å²) in [6.07, 6.45) is 3.17. The van der Waals surface area contributed by atoms with Gasteiger partial charge in [-0.2, -0.15) is 0 Å². The van der Waals surface area contributed by atoms with Crippen LogP contribution in [0, 0.1) is 0 Å². The van der Waals surface area contributed by atoms with Crippen LogP contribution in [0.2, 0.25) is 0 Å². The third-order valence-corrected chi connectivity index (χ3v) is 3.73. The van der Waals surface area contributed by atoms with Crippen LogP contribution in [-0.2, 0) is 6.54 Å². The largest absolute Gasteiger partial charge is 0.297 e. The molecule has 2 heteroatoms. The summed E-state index contributed by atoms with van der Waals surface area (Å²) in [6, 6.07) is 21.5. The summed E-state index contributed by atoms with van der Waals surface area (Å²) in [7, 11) is 0. The smallest absolute Gasteiger partial charge is 0.0639 e. The number of nitrogens with zero attached hydrogens (tertiary/aromatic N) is 2. The summed E-state index contributed by atoms with van der Waals surface area (Å²) in [5.74, 6) is 0. The number of hydrogen-bond donors (Lipinski definition) is 0. The molecule has 0 aromatic heterocycles. The Morgan fingerprint density at radius 2 is 1.70 bits per heavy atom. The lowest BCUT2D eigenvalue weighted by atomic mass is 10.2. The first-order valence-corrected chi connectivity index (χ1v) is 7.25. The van der Waals surface area contributed by atoms with Gasteiger partial charge in [0.1, 0.15) is 0 Å². The van der Waals surface area contributed by atoms with E-state index >= 15 is 0 Å². The molecule has 2 aromatic carbocycles. The van der Waals surface area contributed by atoms with Crippen molar-refractivity contribution in [2.45, 2.75) is 19.0 Å². The summed E-state index contributed by atoms with van der Waals surface area (Å²) >= 11 is 0.